The van der Waals surface area contributed by atoms with E-state index in [0.717, 1.165) is 0 Å². The summed E-state index contributed by atoms with van der Waals surface area (Å²) in [7, 11) is 0. The Morgan fingerprint density at radius 3 is 2.25 bits per heavy atom. The molecule has 0 aliphatic rings. The van der Waals surface area contributed by atoms with Gasteiger partial charge in [-0.3, -0.25) is 4.79 Å². The van der Waals surface area contributed by atoms with Gasteiger partial charge in [0.25, 0.3) is 0 Å². The molecular formula is C2H2FK2O3+. The van der Waals surface area contributed by atoms with Crippen LogP contribution in [0.5, 0.6) is 0 Å². The second kappa shape index (κ2) is 12.2. The first-order valence-electron chi connectivity index (χ1n) is 1.53. The largest absolute Gasteiger partial charge is 1.00 e. The van der Waals surface area contributed by atoms with Gasteiger partial charge in [-0.1, -0.05) is 0 Å². The van der Waals surface area contributed by atoms with E-state index in [0.29, 0.717) is 0 Å². The average molecular weight is 172 g/mol. The Morgan fingerprint density at radius 2 is 2.25 bits per heavy atom. The summed E-state index contributed by atoms with van der Waals surface area (Å²) in [6.07, 6.45) is 0. The van der Waals surface area contributed by atoms with E-state index in [4.69, 9.17) is 6.63 Å². The van der Waals surface area contributed by atoms with Crippen LogP contribution in [-0.4, -0.2) is 11.2 Å². The summed E-state index contributed by atoms with van der Waals surface area (Å²) in [5.74, 6) is -1.68. The van der Waals surface area contributed by atoms with Crippen LogP contribution in [0.3, 0.4) is 0 Å². The van der Waals surface area contributed by atoms with Gasteiger partial charge in [0.2, 0.25) is 5.97 Å². The van der Waals surface area contributed by atoms with Crippen molar-refractivity contribution in [3.05, 3.63) is 6.65 Å². The molecule has 0 bridgehead atoms. The van der Waals surface area contributed by atoms with Gasteiger partial charge >= 0.3 is 103 Å². The topological polar surface area (TPSA) is 46.5 Å². The van der Waals surface area contributed by atoms with Crippen molar-refractivity contribution in [2.75, 3.05) is 0 Å². The molecule has 0 aromatic heterocycles. The zero-order chi connectivity index (χ0) is 5.86. The van der Waals surface area contributed by atoms with Crippen molar-refractivity contribution in [2.24, 2.45) is 0 Å². The molecule has 0 saturated carbocycles. The van der Waals surface area contributed by atoms with Crippen molar-refractivity contribution in [3.8, 4) is 0 Å². The molecule has 0 aliphatic heterocycles. The van der Waals surface area contributed by atoms with Crippen molar-refractivity contribution >= 4 is 5.97 Å². The van der Waals surface area contributed by atoms with Crippen molar-refractivity contribution in [1.82, 2.24) is 0 Å². The molecule has 0 amide bonds. The molecule has 0 aliphatic carbocycles. The molecular weight excluding hydrogens is 169 g/mol. The van der Waals surface area contributed by atoms with Gasteiger partial charge in [-0.05, 0) is 0 Å². The van der Waals surface area contributed by atoms with Gasteiger partial charge in [0.1, 0.15) is 0 Å². The molecule has 0 spiro atoms. The molecule has 0 atom stereocenters. The van der Waals surface area contributed by atoms with Crippen molar-refractivity contribution in [2.45, 2.75) is 0 Å². The van der Waals surface area contributed by atoms with Gasteiger partial charge in [-0.25, -0.2) is 5.26 Å². The van der Waals surface area contributed by atoms with E-state index >= 15 is 0 Å². The van der Waals surface area contributed by atoms with Gasteiger partial charge in [0, 0.05) is 0 Å². The first-order chi connectivity index (χ1) is 3.18. The van der Waals surface area contributed by atoms with Gasteiger partial charge in [0.15, 0.2) is 0 Å². The number of carbonyl (C=O) groups excluding carboxylic acids is 1. The van der Waals surface area contributed by atoms with E-state index in [2.05, 4.69) is 4.89 Å². The summed E-state index contributed by atoms with van der Waals surface area (Å²) in [5, 5.41) is 7.27. The van der Waals surface area contributed by atoms with Crippen molar-refractivity contribution in [1.29, 1.82) is 0 Å². The van der Waals surface area contributed by atoms with Gasteiger partial charge in [-0.2, -0.15) is 0 Å². The average Bonchev–Trinajstić information content (AvgIpc) is 1.65. The number of hydrogen-bond donors (Lipinski definition) is 1. The molecule has 0 unspecified atom stereocenters. The Kier molecular flexibility index (Phi) is 20.0. The van der Waals surface area contributed by atoms with Crippen LogP contribution in [0, 0.1) is 6.65 Å². The molecule has 3 nitrogen and oxygen atoms in total. The Bertz CT molecular complexity index is 80.2. The SMILES string of the molecule is [2H][C-](F)C(=O)OO.[K+].[K+]. The predicted molar refractivity (Wildman–Crippen MR) is 14.1 cm³/mol. The quantitative estimate of drug-likeness (QED) is 0.185. The third-order valence-corrected chi connectivity index (χ3v) is 0.160. The van der Waals surface area contributed by atoms with Crippen LogP contribution in [0.2, 0.25) is 0 Å². The van der Waals surface area contributed by atoms with Gasteiger partial charge < -0.3 is 9.28 Å². The Balaban J connectivity index is -0.000000180. The van der Waals surface area contributed by atoms with Crippen molar-refractivity contribution < 1.29 is 123 Å². The zero-order valence-electron chi connectivity index (χ0n) is 5.64. The molecule has 36 valence electrons. The fourth-order valence-corrected chi connectivity index (χ4v) is 0.0173. The first kappa shape index (κ1) is 13.1. The van der Waals surface area contributed by atoms with E-state index in [1.54, 1.807) is 0 Å². The summed E-state index contributed by atoms with van der Waals surface area (Å²) < 4.78 is 16.8. The summed E-state index contributed by atoms with van der Waals surface area (Å²) >= 11 is 0. The van der Waals surface area contributed by atoms with Crippen LogP contribution in [0.1, 0.15) is 1.37 Å². The maximum absolute atomic E-state index is 11.0. The standard InChI is InChI=1S/C2H2FO3.2K/c3-1-2(4)6-5;;/h1,5H;;/q-1;2*+1/i1D;;. The van der Waals surface area contributed by atoms with Crippen LogP contribution in [0.15, 0.2) is 0 Å². The van der Waals surface area contributed by atoms with E-state index in [9.17, 15) is 9.18 Å². The monoisotopic (exact) mass is 172 g/mol. The molecule has 0 saturated heterocycles. The van der Waals surface area contributed by atoms with E-state index in [1.165, 1.54) is 0 Å². The fourth-order valence-electron chi connectivity index (χ4n) is 0.0173. The molecule has 0 fully saturated rings. The van der Waals surface area contributed by atoms with Crippen LogP contribution in [-0.2, 0) is 9.68 Å². The molecule has 0 aromatic rings. The van der Waals surface area contributed by atoms with Crippen LogP contribution in [0.25, 0.3) is 0 Å². The summed E-state index contributed by atoms with van der Waals surface area (Å²) in [4.78, 5) is 12.2. The summed E-state index contributed by atoms with van der Waals surface area (Å²) in [5.41, 5.74) is 0. The number of carbonyl (C=O) groups is 1. The Morgan fingerprint density at radius 1 is 1.88 bits per heavy atom. The second-order valence-electron chi connectivity index (χ2n) is 0.473. The number of halogens is 1. The molecule has 1 N–H and O–H groups in total. The van der Waals surface area contributed by atoms with E-state index < -0.39 is 12.6 Å². The van der Waals surface area contributed by atoms with Gasteiger partial charge in [0.05, 0.1) is 0 Å². The number of rotatable bonds is 1. The maximum atomic E-state index is 11.0. The minimum atomic E-state index is -1.82. The Labute approximate surface area is 133 Å². The van der Waals surface area contributed by atoms with Crippen molar-refractivity contribution in [3.63, 3.8) is 0 Å². The summed E-state index contributed by atoms with van der Waals surface area (Å²) in [6.45, 7) is -1.82. The maximum Gasteiger partial charge on any atom is 1.00 e. The third kappa shape index (κ3) is 11.3. The minimum absolute atomic E-state index is 0. The van der Waals surface area contributed by atoms with Crippen LogP contribution >= 0.6 is 0 Å². The summed E-state index contributed by atoms with van der Waals surface area (Å²) in [6, 6.07) is 0. The molecule has 8 heavy (non-hydrogen) atoms. The second-order valence-corrected chi connectivity index (χ2v) is 0.473. The molecule has 0 rings (SSSR count). The first-order valence-corrected chi connectivity index (χ1v) is 1.03. The van der Waals surface area contributed by atoms with E-state index in [1.807, 2.05) is 0 Å². The normalized spacial score (nSPS) is 7.00. The molecule has 0 heterocycles. The third-order valence-electron chi connectivity index (χ3n) is 0.160. The van der Waals surface area contributed by atoms with Gasteiger partial charge in [-0.15, -0.1) is 8.02 Å². The molecule has 0 aromatic carbocycles. The minimum Gasteiger partial charge on any atom is -0.425 e. The molecule has 0 radical (unpaired) electrons. The Hall–Kier alpha value is 2.50. The number of hydrogen-bond acceptors (Lipinski definition) is 3. The fraction of sp³-hybridized carbons (Fsp3) is 0. The molecule has 6 heteroatoms. The van der Waals surface area contributed by atoms with E-state index in [-0.39, 0.29) is 103 Å². The predicted octanol–water partition coefficient (Wildman–Crippen LogP) is -5.86. The smallest absolute Gasteiger partial charge is 0.425 e. The van der Waals surface area contributed by atoms with Crippen LogP contribution in [0.4, 0.5) is 4.39 Å². The van der Waals surface area contributed by atoms with Crippen LogP contribution < -0.4 is 103 Å². The zero-order valence-corrected chi connectivity index (χ0v) is 10.9.